The van der Waals surface area contributed by atoms with E-state index in [0.29, 0.717) is 6.04 Å². The van der Waals surface area contributed by atoms with Gasteiger partial charge in [0.05, 0.1) is 11.7 Å². The predicted molar refractivity (Wildman–Crippen MR) is 109 cm³/mol. The lowest BCUT2D eigenvalue weighted by molar-refractivity contribution is -0.137. The summed E-state index contributed by atoms with van der Waals surface area (Å²) in [4.78, 5) is 0. The van der Waals surface area contributed by atoms with Crippen molar-refractivity contribution in [2.45, 2.75) is 44.1 Å². The maximum absolute atomic E-state index is 12.8. The number of hydrogen-bond donors (Lipinski definition) is 3. The summed E-state index contributed by atoms with van der Waals surface area (Å²) in [6.07, 6.45) is 0.681. The van der Waals surface area contributed by atoms with E-state index in [1.165, 1.54) is 23.3 Å². The van der Waals surface area contributed by atoms with Gasteiger partial charge >= 0.3 is 6.18 Å². The molecular weight excluding hydrogens is 377 g/mol. The van der Waals surface area contributed by atoms with Crippen LogP contribution in [-0.4, -0.2) is 24.2 Å². The molecule has 0 bridgehead atoms. The Morgan fingerprint density at radius 2 is 1.90 bits per heavy atom. The number of alkyl halides is 3. The van der Waals surface area contributed by atoms with Crippen LogP contribution in [0.1, 0.15) is 47.7 Å². The number of hydrogen-bond acceptors (Lipinski definition) is 3. The molecule has 3 N–H and O–H groups in total. The standard InChI is InChI=1S/C23H27F3N2O/c1-16(13-17-8-10-18(11-9-17)21-7-2-3-12-27-21)28-15-22(29)19-5-4-6-20(14-19)23(24,25)26/h2-6,8-11,14,16,21-22,27-29H,7,12-13,15H2,1H3. The minimum absolute atomic E-state index is 0.0806. The first-order valence-electron chi connectivity index (χ1n) is 9.89. The second-order valence-corrected chi connectivity index (χ2v) is 7.56. The van der Waals surface area contributed by atoms with Crippen molar-refractivity contribution < 1.29 is 18.3 Å². The molecule has 0 spiro atoms. The quantitative estimate of drug-likeness (QED) is 0.593. The van der Waals surface area contributed by atoms with E-state index in [1.807, 2.05) is 6.92 Å². The lowest BCUT2D eigenvalue weighted by atomic mass is 9.98. The molecule has 0 saturated heterocycles. The maximum Gasteiger partial charge on any atom is 0.416 e. The molecule has 1 heterocycles. The molecule has 3 atom stereocenters. The zero-order chi connectivity index (χ0) is 20.9. The zero-order valence-corrected chi connectivity index (χ0v) is 16.4. The van der Waals surface area contributed by atoms with Gasteiger partial charge in [-0.25, -0.2) is 0 Å². The van der Waals surface area contributed by atoms with Crippen LogP contribution in [0.3, 0.4) is 0 Å². The summed E-state index contributed by atoms with van der Waals surface area (Å²) in [7, 11) is 0. The number of benzene rings is 2. The number of rotatable bonds is 7. The van der Waals surface area contributed by atoms with E-state index in [0.717, 1.165) is 31.5 Å². The fraction of sp³-hybridized carbons (Fsp3) is 0.391. The molecule has 156 valence electrons. The molecule has 29 heavy (non-hydrogen) atoms. The van der Waals surface area contributed by atoms with Crippen molar-refractivity contribution in [2.24, 2.45) is 0 Å². The van der Waals surface area contributed by atoms with Gasteiger partial charge in [-0.15, -0.1) is 0 Å². The Balaban J connectivity index is 1.50. The lowest BCUT2D eigenvalue weighted by Gasteiger charge is -2.21. The first-order valence-corrected chi connectivity index (χ1v) is 9.89. The lowest BCUT2D eigenvalue weighted by Crippen LogP contribution is -2.32. The molecule has 3 rings (SSSR count). The van der Waals surface area contributed by atoms with Crippen LogP contribution in [0.2, 0.25) is 0 Å². The summed E-state index contributed by atoms with van der Waals surface area (Å²) in [5.74, 6) is 0. The minimum Gasteiger partial charge on any atom is -0.387 e. The van der Waals surface area contributed by atoms with Gasteiger partial charge in [-0.3, -0.25) is 0 Å². The summed E-state index contributed by atoms with van der Waals surface area (Å²) in [5.41, 5.74) is 1.95. The molecule has 0 fully saturated rings. The largest absolute Gasteiger partial charge is 0.416 e. The van der Waals surface area contributed by atoms with Crippen LogP contribution in [0.15, 0.2) is 60.7 Å². The van der Waals surface area contributed by atoms with Gasteiger partial charge in [0.25, 0.3) is 0 Å². The van der Waals surface area contributed by atoms with Gasteiger partial charge in [-0.1, -0.05) is 48.6 Å². The van der Waals surface area contributed by atoms with Crippen LogP contribution in [-0.2, 0) is 12.6 Å². The second-order valence-electron chi connectivity index (χ2n) is 7.56. The topological polar surface area (TPSA) is 44.3 Å². The number of aliphatic hydroxyl groups is 1. The van der Waals surface area contributed by atoms with Gasteiger partial charge < -0.3 is 15.7 Å². The second kappa shape index (κ2) is 9.57. The van der Waals surface area contributed by atoms with Gasteiger partial charge in [-0.05, 0) is 48.6 Å². The molecule has 0 aliphatic carbocycles. The Labute approximate surface area is 169 Å². The van der Waals surface area contributed by atoms with Gasteiger partial charge in [-0.2, -0.15) is 13.2 Å². The molecule has 0 amide bonds. The van der Waals surface area contributed by atoms with Crippen molar-refractivity contribution in [3.63, 3.8) is 0 Å². The summed E-state index contributed by atoms with van der Waals surface area (Å²) in [5, 5.41) is 16.9. The van der Waals surface area contributed by atoms with Crippen LogP contribution in [0.5, 0.6) is 0 Å². The van der Waals surface area contributed by atoms with E-state index >= 15 is 0 Å². The molecule has 2 aromatic carbocycles. The van der Waals surface area contributed by atoms with Gasteiger partial charge in [0.1, 0.15) is 0 Å². The predicted octanol–water partition coefficient (Wildman–Crippen LogP) is 4.55. The number of halogens is 3. The van der Waals surface area contributed by atoms with E-state index < -0.39 is 17.8 Å². The normalized spacial score (nSPS) is 19.1. The Morgan fingerprint density at radius 3 is 2.55 bits per heavy atom. The van der Waals surface area contributed by atoms with Crippen molar-refractivity contribution in [1.29, 1.82) is 0 Å². The van der Waals surface area contributed by atoms with E-state index in [9.17, 15) is 18.3 Å². The van der Waals surface area contributed by atoms with Crippen molar-refractivity contribution >= 4 is 0 Å². The maximum atomic E-state index is 12.8. The fourth-order valence-corrected chi connectivity index (χ4v) is 3.53. The van der Waals surface area contributed by atoms with Crippen molar-refractivity contribution in [3.05, 3.63) is 82.9 Å². The Kier molecular flexibility index (Phi) is 7.11. The van der Waals surface area contributed by atoms with E-state index in [-0.39, 0.29) is 18.2 Å². The smallest absolute Gasteiger partial charge is 0.387 e. The molecule has 1 aliphatic heterocycles. The third-order valence-corrected chi connectivity index (χ3v) is 5.20. The van der Waals surface area contributed by atoms with E-state index in [2.05, 4.69) is 47.1 Å². The SMILES string of the molecule is CC(Cc1ccc(C2CC=CCN2)cc1)NCC(O)c1cccc(C(F)(F)F)c1. The third-order valence-electron chi connectivity index (χ3n) is 5.20. The number of nitrogens with one attached hydrogen (secondary N) is 2. The highest BCUT2D eigenvalue weighted by Crippen LogP contribution is 2.30. The monoisotopic (exact) mass is 404 g/mol. The van der Waals surface area contributed by atoms with Crippen LogP contribution in [0.4, 0.5) is 13.2 Å². The first kappa shape index (κ1) is 21.6. The molecule has 0 saturated carbocycles. The average Bonchev–Trinajstić information content (AvgIpc) is 2.73. The van der Waals surface area contributed by atoms with Crippen molar-refractivity contribution in [3.8, 4) is 0 Å². The first-order chi connectivity index (χ1) is 13.8. The van der Waals surface area contributed by atoms with Gasteiger partial charge in [0, 0.05) is 25.2 Å². The zero-order valence-electron chi connectivity index (χ0n) is 16.4. The van der Waals surface area contributed by atoms with Gasteiger partial charge in [0.15, 0.2) is 0 Å². The molecule has 1 aliphatic rings. The Bertz CT molecular complexity index is 818. The third kappa shape index (κ3) is 6.16. The molecule has 0 radical (unpaired) electrons. The molecule has 3 nitrogen and oxygen atoms in total. The molecule has 3 unspecified atom stereocenters. The van der Waals surface area contributed by atoms with Crippen molar-refractivity contribution in [1.82, 2.24) is 10.6 Å². The van der Waals surface area contributed by atoms with E-state index in [1.54, 1.807) is 0 Å². The average molecular weight is 404 g/mol. The number of aliphatic hydroxyl groups excluding tert-OH is 1. The Morgan fingerprint density at radius 1 is 1.14 bits per heavy atom. The van der Waals surface area contributed by atoms with Gasteiger partial charge in [0.2, 0.25) is 0 Å². The minimum atomic E-state index is -4.41. The van der Waals surface area contributed by atoms with Crippen LogP contribution in [0, 0.1) is 0 Å². The van der Waals surface area contributed by atoms with E-state index in [4.69, 9.17) is 0 Å². The van der Waals surface area contributed by atoms with Crippen LogP contribution < -0.4 is 10.6 Å². The summed E-state index contributed by atoms with van der Waals surface area (Å²) >= 11 is 0. The molecule has 0 aromatic heterocycles. The molecule has 2 aromatic rings. The highest BCUT2D eigenvalue weighted by Gasteiger charge is 2.30. The summed E-state index contributed by atoms with van der Waals surface area (Å²) in [6, 6.07) is 13.8. The molecular formula is C23H27F3N2O. The fourth-order valence-electron chi connectivity index (χ4n) is 3.53. The molecule has 6 heteroatoms. The highest BCUT2D eigenvalue weighted by atomic mass is 19.4. The Hall–Kier alpha value is -2.15. The van der Waals surface area contributed by atoms with Crippen LogP contribution >= 0.6 is 0 Å². The summed E-state index contributed by atoms with van der Waals surface area (Å²) in [6.45, 7) is 3.08. The van der Waals surface area contributed by atoms with Crippen LogP contribution in [0.25, 0.3) is 0 Å². The van der Waals surface area contributed by atoms with Crippen molar-refractivity contribution in [2.75, 3.05) is 13.1 Å². The summed E-state index contributed by atoms with van der Waals surface area (Å²) < 4.78 is 38.5. The highest BCUT2D eigenvalue weighted by molar-refractivity contribution is 5.28.